The molecule has 1 aromatic heterocycles. The molecule has 0 radical (unpaired) electrons. The topological polar surface area (TPSA) is 62.2 Å². The van der Waals surface area contributed by atoms with Crippen LogP contribution in [0.15, 0.2) is 36.7 Å². The van der Waals surface area contributed by atoms with Gasteiger partial charge in [0.1, 0.15) is 5.75 Å². The Kier molecular flexibility index (Phi) is 3.48. The Labute approximate surface area is 109 Å². The van der Waals surface area contributed by atoms with E-state index >= 15 is 0 Å². The first-order valence-corrected chi connectivity index (χ1v) is 5.66. The molecular weight excluding hydrogens is 252 g/mol. The summed E-state index contributed by atoms with van der Waals surface area (Å²) in [5.74, 6) is -0.235. The van der Waals surface area contributed by atoms with Crippen LogP contribution in [-0.4, -0.2) is 16.0 Å². The molecule has 0 saturated carbocycles. The molecule has 0 saturated heterocycles. The van der Waals surface area contributed by atoms with E-state index in [0.717, 1.165) is 5.56 Å². The van der Waals surface area contributed by atoms with Crippen molar-refractivity contribution in [2.75, 3.05) is 5.32 Å². The molecule has 92 valence electrons. The van der Waals surface area contributed by atoms with E-state index in [0.29, 0.717) is 16.3 Å². The van der Waals surface area contributed by atoms with Crippen molar-refractivity contribution in [2.24, 2.45) is 0 Å². The fourth-order valence-corrected chi connectivity index (χ4v) is 1.62. The van der Waals surface area contributed by atoms with Crippen LogP contribution in [0.4, 0.5) is 5.69 Å². The number of phenolic OH excluding ortho intramolecular Hbond substituents is 1. The van der Waals surface area contributed by atoms with E-state index in [1.165, 1.54) is 18.5 Å². The molecule has 2 rings (SSSR count). The molecule has 0 unspecified atom stereocenters. The van der Waals surface area contributed by atoms with Gasteiger partial charge in [-0.25, -0.2) is 0 Å². The Hall–Kier alpha value is -2.07. The molecule has 0 fully saturated rings. The highest BCUT2D eigenvalue weighted by Gasteiger charge is 2.10. The van der Waals surface area contributed by atoms with Crippen LogP contribution in [0.1, 0.15) is 15.9 Å². The third-order valence-corrected chi connectivity index (χ3v) is 2.81. The van der Waals surface area contributed by atoms with E-state index in [1.54, 1.807) is 25.1 Å². The largest absolute Gasteiger partial charge is 0.508 e. The zero-order chi connectivity index (χ0) is 13.1. The second-order valence-electron chi connectivity index (χ2n) is 3.81. The van der Waals surface area contributed by atoms with Gasteiger partial charge in [-0.1, -0.05) is 17.7 Å². The lowest BCUT2D eigenvalue weighted by molar-refractivity contribution is 0.102. The van der Waals surface area contributed by atoms with Gasteiger partial charge in [0.15, 0.2) is 0 Å². The number of aromatic nitrogens is 1. The Morgan fingerprint density at radius 3 is 2.83 bits per heavy atom. The van der Waals surface area contributed by atoms with Gasteiger partial charge in [-0.2, -0.15) is 0 Å². The third kappa shape index (κ3) is 2.60. The van der Waals surface area contributed by atoms with Gasteiger partial charge in [0.05, 0.1) is 10.6 Å². The van der Waals surface area contributed by atoms with Gasteiger partial charge < -0.3 is 10.4 Å². The number of aromatic hydroxyl groups is 1. The van der Waals surface area contributed by atoms with E-state index in [4.69, 9.17) is 11.6 Å². The quantitative estimate of drug-likeness (QED) is 0.875. The number of pyridine rings is 1. The van der Waals surface area contributed by atoms with Gasteiger partial charge in [-0.15, -0.1) is 0 Å². The maximum atomic E-state index is 11.9. The minimum atomic E-state index is -0.364. The number of nitrogens with one attached hydrogen (secondary N) is 1. The molecule has 1 aromatic carbocycles. The van der Waals surface area contributed by atoms with Crippen molar-refractivity contribution in [1.29, 1.82) is 0 Å². The fourth-order valence-electron chi connectivity index (χ4n) is 1.43. The SMILES string of the molecule is Cc1ccc(NC(=O)c2cnccc2Cl)cc1O. The number of halogens is 1. The molecule has 4 nitrogen and oxygen atoms in total. The Morgan fingerprint density at radius 1 is 1.39 bits per heavy atom. The van der Waals surface area contributed by atoms with E-state index in [1.807, 2.05) is 0 Å². The standard InChI is InChI=1S/C13H11ClN2O2/c1-8-2-3-9(6-12(8)17)16-13(18)10-7-15-5-4-11(10)14/h2-7,17H,1H3,(H,16,18). The second-order valence-corrected chi connectivity index (χ2v) is 4.22. The van der Waals surface area contributed by atoms with Crippen molar-refractivity contribution in [1.82, 2.24) is 4.98 Å². The van der Waals surface area contributed by atoms with Crippen LogP contribution >= 0.6 is 11.6 Å². The third-order valence-electron chi connectivity index (χ3n) is 2.48. The van der Waals surface area contributed by atoms with Crippen LogP contribution < -0.4 is 5.32 Å². The number of rotatable bonds is 2. The van der Waals surface area contributed by atoms with Crippen molar-refractivity contribution in [3.8, 4) is 5.75 Å². The summed E-state index contributed by atoms with van der Waals surface area (Å²) in [7, 11) is 0. The van der Waals surface area contributed by atoms with Gasteiger partial charge in [-0.05, 0) is 24.6 Å². The Bertz CT molecular complexity index is 599. The molecule has 2 aromatic rings. The maximum absolute atomic E-state index is 11.9. The number of benzene rings is 1. The maximum Gasteiger partial charge on any atom is 0.258 e. The lowest BCUT2D eigenvalue weighted by Gasteiger charge is -2.07. The summed E-state index contributed by atoms with van der Waals surface area (Å²) < 4.78 is 0. The van der Waals surface area contributed by atoms with Crippen LogP contribution in [0.5, 0.6) is 5.75 Å². The average Bonchev–Trinajstić information content (AvgIpc) is 2.34. The van der Waals surface area contributed by atoms with Gasteiger partial charge in [0.25, 0.3) is 5.91 Å². The highest BCUT2D eigenvalue weighted by Crippen LogP contribution is 2.22. The van der Waals surface area contributed by atoms with Crippen molar-refractivity contribution >= 4 is 23.2 Å². The van der Waals surface area contributed by atoms with Crippen molar-refractivity contribution in [3.63, 3.8) is 0 Å². The number of anilines is 1. The highest BCUT2D eigenvalue weighted by atomic mass is 35.5. The Morgan fingerprint density at radius 2 is 2.17 bits per heavy atom. The number of hydrogen-bond donors (Lipinski definition) is 2. The summed E-state index contributed by atoms with van der Waals surface area (Å²) in [6, 6.07) is 6.45. The number of phenols is 1. The predicted molar refractivity (Wildman–Crippen MR) is 70.0 cm³/mol. The van der Waals surface area contributed by atoms with Crippen LogP contribution in [0.3, 0.4) is 0 Å². The molecular formula is C13H11ClN2O2. The van der Waals surface area contributed by atoms with Crippen molar-refractivity contribution in [3.05, 3.63) is 52.8 Å². The molecule has 0 bridgehead atoms. The summed E-state index contributed by atoms with van der Waals surface area (Å²) in [6.45, 7) is 1.78. The molecule has 0 aliphatic heterocycles. The lowest BCUT2D eigenvalue weighted by atomic mass is 10.2. The molecule has 0 aliphatic rings. The summed E-state index contributed by atoms with van der Waals surface area (Å²) in [4.78, 5) is 15.8. The summed E-state index contributed by atoms with van der Waals surface area (Å²) in [5, 5.41) is 12.5. The summed E-state index contributed by atoms with van der Waals surface area (Å²) in [5.41, 5.74) is 1.54. The summed E-state index contributed by atoms with van der Waals surface area (Å²) >= 11 is 5.89. The van der Waals surface area contributed by atoms with Crippen LogP contribution in [0, 0.1) is 6.92 Å². The normalized spacial score (nSPS) is 10.1. The first-order chi connectivity index (χ1) is 8.58. The molecule has 1 heterocycles. The summed E-state index contributed by atoms with van der Waals surface area (Å²) in [6.07, 6.45) is 2.91. The minimum Gasteiger partial charge on any atom is -0.508 e. The number of carbonyl (C=O) groups is 1. The minimum absolute atomic E-state index is 0.130. The van der Waals surface area contributed by atoms with Crippen LogP contribution in [0.25, 0.3) is 0 Å². The van der Waals surface area contributed by atoms with Gasteiger partial charge >= 0.3 is 0 Å². The number of nitrogens with zero attached hydrogens (tertiary/aromatic N) is 1. The zero-order valence-corrected chi connectivity index (χ0v) is 10.4. The number of carbonyl (C=O) groups excluding carboxylic acids is 1. The van der Waals surface area contributed by atoms with E-state index in [2.05, 4.69) is 10.3 Å². The highest BCUT2D eigenvalue weighted by molar-refractivity contribution is 6.34. The second kappa shape index (κ2) is 5.06. The first kappa shape index (κ1) is 12.4. The molecule has 0 atom stereocenters. The van der Waals surface area contributed by atoms with E-state index in [9.17, 15) is 9.90 Å². The predicted octanol–water partition coefficient (Wildman–Crippen LogP) is 3.00. The monoisotopic (exact) mass is 262 g/mol. The van der Waals surface area contributed by atoms with Crippen LogP contribution in [0.2, 0.25) is 5.02 Å². The van der Waals surface area contributed by atoms with E-state index < -0.39 is 0 Å². The van der Waals surface area contributed by atoms with Crippen molar-refractivity contribution in [2.45, 2.75) is 6.92 Å². The van der Waals surface area contributed by atoms with Crippen molar-refractivity contribution < 1.29 is 9.90 Å². The number of aryl methyl sites for hydroxylation is 1. The van der Waals surface area contributed by atoms with Gasteiger partial charge in [0, 0.05) is 24.1 Å². The molecule has 0 aliphatic carbocycles. The van der Waals surface area contributed by atoms with Crippen LogP contribution in [-0.2, 0) is 0 Å². The Balaban J connectivity index is 2.22. The average molecular weight is 263 g/mol. The number of amides is 1. The first-order valence-electron chi connectivity index (χ1n) is 5.28. The molecule has 18 heavy (non-hydrogen) atoms. The van der Waals surface area contributed by atoms with Gasteiger partial charge in [0.2, 0.25) is 0 Å². The zero-order valence-electron chi connectivity index (χ0n) is 9.64. The molecule has 1 amide bonds. The van der Waals surface area contributed by atoms with Gasteiger partial charge in [-0.3, -0.25) is 9.78 Å². The molecule has 0 spiro atoms. The van der Waals surface area contributed by atoms with E-state index in [-0.39, 0.29) is 11.7 Å². The number of hydrogen-bond acceptors (Lipinski definition) is 3. The lowest BCUT2D eigenvalue weighted by Crippen LogP contribution is -2.12. The smallest absolute Gasteiger partial charge is 0.258 e. The molecule has 5 heteroatoms. The fraction of sp³-hybridized carbons (Fsp3) is 0.0769. The molecule has 2 N–H and O–H groups in total.